The zero-order chi connectivity index (χ0) is 12.7. The van der Waals surface area contributed by atoms with Crippen molar-refractivity contribution in [1.82, 2.24) is 9.78 Å². The number of halogens is 1. The van der Waals surface area contributed by atoms with Crippen molar-refractivity contribution in [3.8, 4) is 0 Å². The van der Waals surface area contributed by atoms with Crippen molar-refractivity contribution in [3.05, 3.63) is 28.4 Å². The Morgan fingerprint density at radius 3 is 2.89 bits per heavy atom. The lowest BCUT2D eigenvalue weighted by Gasteiger charge is -2.26. The number of esters is 1. The minimum absolute atomic E-state index is 0.317. The first-order chi connectivity index (χ1) is 8.70. The average molecular weight is 309 g/mol. The molecule has 1 heterocycles. The summed E-state index contributed by atoms with van der Waals surface area (Å²) in [5, 5.41) is 5.39. The number of ether oxygens (including phenoxy) is 1. The topological polar surface area (TPSA) is 44.1 Å². The van der Waals surface area contributed by atoms with Crippen LogP contribution in [0.1, 0.15) is 35.8 Å². The minimum atomic E-state index is -0.317. The molecule has 1 aromatic carbocycles. The fraction of sp³-hybridized carbons (Fsp3) is 0.385. The van der Waals surface area contributed by atoms with Gasteiger partial charge in [0.2, 0.25) is 0 Å². The Kier molecular flexibility index (Phi) is 2.86. The molecular formula is C13H13BrN2O2. The summed E-state index contributed by atoms with van der Waals surface area (Å²) in [5.41, 5.74) is 1.41. The van der Waals surface area contributed by atoms with Gasteiger partial charge in [0, 0.05) is 9.86 Å². The van der Waals surface area contributed by atoms with Crippen LogP contribution in [0.4, 0.5) is 0 Å². The summed E-state index contributed by atoms with van der Waals surface area (Å²) in [6, 6.07) is 6.11. The van der Waals surface area contributed by atoms with Gasteiger partial charge in [-0.1, -0.05) is 15.9 Å². The van der Waals surface area contributed by atoms with E-state index >= 15 is 0 Å². The minimum Gasteiger partial charge on any atom is -0.464 e. The number of rotatable bonds is 2. The molecule has 1 saturated carbocycles. The van der Waals surface area contributed by atoms with E-state index in [2.05, 4.69) is 21.0 Å². The maximum absolute atomic E-state index is 12.0. The van der Waals surface area contributed by atoms with E-state index < -0.39 is 0 Å². The Balaban J connectivity index is 2.23. The van der Waals surface area contributed by atoms with Crippen LogP contribution in [0.3, 0.4) is 0 Å². The second-order valence-corrected chi connectivity index (χ2v) is 5.45. The predicted octanol–water partition coefficient (Wildman–Crippen LogP) is 3.31. The number of carbonyl (C=O) groups excluding carboxylic acids is 1. The number of benzene rings is 1. The van der Waals surface area contributed by atoms with Crippen molar-refractivity contribution in [2.24, 2.45) is 0 Å². The van der Waals surface area contributed by atoms with Gasteiger partial charge in [0.1, 0.15) is 0 Å². The highest BCUT2D eigenvalue weighted by molar-refractivity contribution is 9.10. The number of aromatic nitrogens is 2. The van der Waals surface area contributed by atoms with E-state index in [0.717, 1.165) is 28.2 Å². The standard InChI is InChI=1S/C13H13BrN2O2/c1-18-13(17)12-10-7-8(14)5-6-11(10)15-16(12)9-3-2-4-9/h5-7,9H,2-4H2,1H3. The molecule has 0 bridgehead atoms. The summed E-state index contributed by atoms with van der Waals surface area (Å²) in [6.07, 6.45) is 3.36. The Morgan fingerprint density at radius 1 is 1.50 bits per heavy atom. The van der Waals surface area contributed by atoms with Crippen molar-refractivity contribution >= 4 is 32.8 Å². The second-order valence-electron chi connectivity index (χ2n) is 4.53. The average Bonchev–Trinajstić information content (AvgIpc) is 2.64. The van der Waals surface area contributed by atoms with Crippen LogP contribution in [0.15, 0.2) is 22.7 Å². The van der Waals surface area contributed by atoms with Crippen LogP contribution in [0.5, 0.6) is 0 Å². The maximum Gasteiger partial charge on any atom is 0.356 e. The molecule has 18 heavy (non-hydrogen) atoms. The summed E-state index contributed by atoms with van der Waals surface area (Å²) in [7, 11) is 1.41. The molecule has 0 amide bonds. The third-order valence-corrected chi connectivity index (χ3v) is 3.95. The monoisotopic (exact) mass is 308 g/mol. The summed E-state index contributed by atoms with van der Waals surface area (Å²) in [6.45, 7) is 0. The van der Waals surface area contributed by atoms with E-state index in [1.165, 1.54) is 13.5 Å². The molecule has 0 spiro atoms. The van der Waals surface area contributed by atoms with Gasteiger partial charge in [-0.2, -0.15) is 5.10 Å². The Bertz CT molecular complexity index is 617. The lowest BCUT2D eigenvalue weighted by molar-refractivity contribution is 0.0581. The SMILES string of the molecule is COC(=O)c1c2cc(Br)ccc2nn1C1CCC1. The molecule has 2 aromatic rings. The smallest absolute Gasteiger partial charge is 0.356 e. The third-order valence-electron chi connectivity index (χ3n) is 3.46. The van der Waals surface area contributed by atoms with Crippen LogP contribution in [-0.2, 0) is 4.74 Å². The van der Waals surface area contributed by atoms with Crippen LogP contribution in [-0.4, -0.2) is 22.9 Å². The third kappa shape index (κ3) is 1.73. The molecule has 0 radical (unpaired) electrons. The van der Waals surface area contributed by atoms with Gasteiger partial charge in [-0.25, -0.2) is 4.79 Å². The highest BCUT2D eigenvalue weighted by Crippen LogP contribution is 2.35. The van der Waals surface area contributed by atoms with Gasteiger partial charge in [0.15, 0.2) is 5.69 Å². The Labute approximate surface area is 113 Å². The molecule has 1 fully saturated rings. The molecule has 1 aliphatic carbocycles. The van der Waals surface area contributed by atoms with Gasteiger partial charge >= 0.3 is 5.97 Å². The molecule has 0 N–H and O–H groups in total. The van der Waals surface area contributed by atoms with Crippen molar-refractivity contribution in [1.29, 1.82) is 0 Å². The number of carbonyl (C=O) groups is 1. The van der Waals surface area contributed by atoms with Crippen molar-refractivity contribution < 1.29 is 9.53 Å². The number of methoxy groups -OCH3 is 1. The number of nitrogens with zero attached hydrogens (tertiary/aromatic N) is 2. The van der Waals surface area contributed by atoms with Crippen LogP contribution >= 0.6 is 15.9 Å². The largest absolute Gasteiger partial charge is 0.464 e. The van der Waals surface area contributed by atoms with Gasteiger partial charge < -0.3 is 4.74 Å². The molecule has 94 valence electrons. The maximum atomic E-state index is 12.0. The molecule has 0 atom stereocenters. The van der Waals surface area contributed by atoms with Crippen LogP contribution < -0.4 is 0 Å². The van der Waals surface area contributed by atoms with E-state index in [9.17, 15) is 4.79 Å². The molecule has 0 aliphatic heterocycles. The number of fused-ring (bicyclic) bond motifs is 1. The molecule has 1 aliphatic rings. The van der Waals surface area contributed by atoms with Gasteiger partial charge in [0.05, 0.1) is 18.7 Å². The second kappa shape index (κ2) is 4.39. The summed E-state index contributed by atoms with van der Waals surface area (Å²) in [5.74, 6) is -0.317. The molecule has 3 rings (SSSR count). The van der Waals surface area contributed by atoms with E-state index in [-0.39, 0.29) is 5.97 Å². The lowest BCUT2D eigenvalue weighted by atomic mass is 9.93. The van der Waals surface area contributed by atoms with Crippen molar-refractivity contribution in [2.45, 2.75) is 25.3 Å². The van der Waals surface area contributed by atoms with E-state index in [4.69, 9.17) is 4.74 Å². The summed E-state index contributed by atoms with van der Waals surface area (Å²) >= 11 is 3.43. The van der Waals surface area contributed by atoms with Crippen LogP contribution in [0, 0.1) is 0 Å². The number of hydrogen-bond donors (Lipinski definition) is 0. The van der Waals surface area contributed by atoms with E-state index in [1.807, 2.05) is 22.9 Å². The van der Waals surface area contributed by atoms with Crippen molar-refractivity contribution in [2.75, 3.05) is 7.11 Å². The zero-order valence-corrected chi connectivity index (χ0v) is 11.6. The molecule has 5 heteroatoms. The summed E-state index contributed by atoms with van der Waals surface area (Å²) < 4.78 is 7.66. The van der Waals surface area contributed by atoms with Crippen LogP contribution in [0.25, 0.3) is 10.9 Å². The first-order valence-electron chi connectivity index (χ1n) is 5.97. The first-order valence-corrected chi connectivity index (χ1v) is 6.76. The first kappa shape index (κ1) is 11.7. The zero-order valence-electron chi connectivity index (χ0n) is 10.0. The van der Waals surface area contributed by atoms with Crippen molar-refractivity contribution in [3.63, 3.8) is 0 Å². The fourth-order valence-corrected chi connectivity index (χ4v) is 2.63. The van der Waals surface area contributed by atoms with E-state index in [1.54, 1.807) is 0 Å². The Hall–Kier alpha value is -1.36. The molecule has 1 aromatic heterocycles. The van der Waals surface area contributed by atoms with Gasteiger partial charge in [0.25, 0.3) is 0 Å². The molecule has 0 saturated heterocycles. The number of hydrogen-bond acceptors (Lipinski definition) is 3. The Morgan fingerprint density at radius 2 is 2.28 bits per heavy atom. The van der Waals surface area contributed by atoms with Crippen LogP contribution in [0.2, 0.25) is 0 Å². The summed E-state index contributed by atoms with van der Waals surface area (Å²) in [4.78, 5) is 12.0. The molecule has 4 nitrogen and oxygen atoms in total. The van der Waals surface area contributed by atoms with Gasteiger partial charge in [-0.05, 0) is 37.5 Å². The fourth-order valence-electron chi connectivity index (χ4n) is 2.27. The molecule has 0 unspecified atom stereocenters. The van der Waals surface area contributed by atoms with Gasteiger partial charge in [-0.15, -0.1) is 0 Å². The van der Waals surface area contributed by atoms with Gasteiger partial charge in [-0.3, -0.25) is 4.68 Å². The predicted molar refractivity (Wildman–Crippen MR) is 71.7 cm³/mol. The highest BCUT2D eigenvalue weighted by atomic mass is 79.9. The normalized spacial score (nSPS) is 15.7. The quantitative estimate of drug-likeness (QED) is 0.799. The highest BCUT2D eigenvalue weighted by Gasteiger charge is 2.28. The molecular weight excluding hydrogens is 296 g/mol. The lowest BCUT2D eigenvalue weighted by Crippen LogP contribution is -2.22. The van der Waals surface area contributed by atoms with E-state index in [0.29, 0.717) is 11.7 Å².